The molecule has 3 rings (SSSR count). The van der Waals surface area contributed by atoms with Crippen molar-refractivity contribution in [1.82, 2.24) is 10.2 Å². The molecule has 0 heterocycles. The molecule has 0 fully saturated rings. The molecule has 7 heteroatoms. The molecule has 0 radical (unpaired) electrons. The van der Waals surface area contributed by atoms with E-state index >= 15 is 0 Å². The number of nitrogens with one attached hydrogen (secondary N) is 1. The lowest BCUT2D eigenvalue weighted by molar-refractivity contribution is -0.139. The number of hydrogen-bond acceptors (Lipinski definition) is 3. The van der Waals surface area contributed by atoms with E-state index < -0.39 is 6.04 Å². The van der Waals surface area contributed by atoms with Gasteiger partial charge in [-0.15, -0.1) is 11.8 Å². The summed E-state index contributed by atoms with van der Waals surface area (Å²) in [4.78, 5) is 28.0. The van der Waals surface area contributed by atoms with E-state index in [4.69, 9.17) is 23.2 Å². The normalized spacial score (nSPS) is 11.6. The van der Waals surface area contributed by atoms with Crippen LogP contribution in [0.1, 0.15) is 16.7 Å². The van der Waals surface area contributed by atoms with Gasteiger partial charge in [-0.1, -0.05) is 83.9 Å². The third kappa shape index (κ3) is 7.53. The van der Waals surface area contributed by atoms with Gasteiger partial charge in [-0.3, -0.25) is 9.59 Å². The number of thioether (sulfide) groups is 1. The Kier molecular flexibility index (Phi) is 9.67. The van der Waals surface area contributed by atoms with E-state index in [0.29, 0.717) is 28.8 Å². The van der Waals surface area contributed by atoms with Gasteiger partial charge in [-0.2, -0.15) is 0 Å². The SMILES string of the molecule is CNC(=O)C(Cc1ccccc1)N(Cc1ccc(Cl)cc1)C(=O)CSCc1ccccc1Cl. The number of halogens is 2. The molecule has 1 atom stereocenters. The molecule has 33 heavy (non-hydrogen) atoms. The van der Waals surface area contributed by atoms with Gasteiger partial charge in [0.2, 0.25) is 11.8 Å². The smallest absolute Gasteiger partial charge is 0.242 e. The maximum atomic E-state index is 13.4. The summed E-state index contributed by atoms with van der Waals surface area (Å²) in [6.45, 7) is 0.313. The van der Waals surface area contributed by atoms with E-state index in [-0.39, 0.29) is 17.6 Å². The van der Waals surface area contributed by atoms with Crippen molar-refractivity contribution in [3.63, 3.8) is 0 Å². The van der Waals surface area contributed by atoms with Gasteiger partial charge in [0.25, 0.3) is 0 Å². The van der Waals surface area contributed by atoms with E-state index in [1.165, 1.54) is 11.8 Å². The van der Waals surface area contributed by atoms with E-state index in [1.807, 2.05) is 66.7 Å². The Labute approximate surface area is 209 Å². The highest BCUT2D eigenvalue weighted by Gasteiger charge is 2.29. The molecule has 3 aromatic rings. The van der Waals surface area contributed by atoms with Crippen LogP contribution in [0.3, 0.4) is 0 Å². The van der Waals surface area contributed by atoms with Crippen LogP contribution < -0.4 is 5.32 Å². The van der Waals surface area contributed by atoms with Gasteiger partial charge >= 0.3 is 0 Å². The summed E-state index contributed by atoms with van der Waals surface area (Å²) in [5, 5.41) is 4.03. The van der Waals surface area contributed by atoms with E-state index in [9.17, 15) is 9.59 Å². The van der Waals surface area contributed by atoms with Crippen molar-refractivity contribution >= 4 is 46.8 Å². The molecule has 0 spiro atoms. The number of rotatable bonds is 10. The van der Waals surface area contributed by atoms with Crippen LogP contribution in [0.5, 0.6) is 0 Å². The average Bonchev–Trinajstić information content (AvgIpc) is 2.83. The van der Waals surface area contributed by atoms with Crippen molar-refractivity contribution in [1.29, 1.82) is 0 Å². The maximum absolute atomic E-state index is 13.4. The monoisotopic (exact) mass is 500 g/mol. The molecule has 3 aromatic carbocycles. The standard InChI is InChI=1S/C26H26Cl2N2O2S/c1-29-26(32)24(15-19-7-3-2-4-8-19)30(16-20-11-13-22(27)14-12-20)25(31)18-33-17-21-9-5-6-10-23(21)28/h2-14,24H,15-18H2,1H3,(H,29,32). The zero-order valence-corrected chi connectivity index (χ0v) is 20.7. The highest BCUT2D eigenvalue weighted by atomic mass is 35.5. The Hall–Kier alpha value is -2.47. The highest BCUT2D eigenvalue weighted by Crippen LogP contribution is 2.22. The fourth-order valence-corrected chi connectivity index (χ4v) is 4.78. The number of likely N-dealkylation sites (N-methyl/N-ethyl adjacent to an activating group) is 1. The minimum absolute atomic E-state index is 0.105. The first kappa shape index (κ1) is 25.2. The summed E-state index contributed by atoms with van der Waals surface area (Å²) in [7, 11) is 1.59. The molecule has 0 aliphatic heterocycles. The lowest BCUT2D eigenvalue weighted by atomic mass is 10.0. The second-order valence-electron chi connectivity index (χ2n) is 7.55. The number of carbonyl (C=O) groups is 2. The Balaban J connectivity index is 1.80. The molecule has 2 amide bonds. The largest absolute Gasteiger partial charge is 0.357 e. The van der Waals surface area contributed by atoms with Gasteiger partial charge in [0.05, 0.1) is 5.75 Å². The van der Waals surface area contributed by atoms with Gasteiger partial charge in [-0.05, 0) is 34.9 Å². The van der Waals surface area contributed by atoms with Crippen molar-refractivity contribution in [3.8, 4) is 0 Å². The van der Waals surface area contributed by atoms with Crippen LogP contribution in [0.2, 0.25) is 10.0 Å². The predicted octanol–water partition coefficient (Wildman–Crippen LogP) is 5.61. The minimum Gasteiger partial charge on any atom is -0.357 e. The van der Waals surface area contributed by atoms with Crippen molar-refractivity contribution in [2.45, 2.75) is 24.8 Å². The first-order valence-electron chi connectivity index (χ1n) is 10.6. The third-order valence-electron chi connectivity index (χ3n) is 5.22. The van der Waals surface area contributed by atoms with Crippen LogP contribution >= 0.6 is 35.0 Å². The Morgan fingerprint density at radius 1 is 0.909 bits per heavy atom. The summed E-state index contributed by atoms with van der Waals surface area (Å²) in [5.41, 5.74) is 2.88. The molecule has 1 N–H and O–H groups in total. The summed E-state index contributed by atoms with van der Waals surface area (Å²) in [6.07, 6.45) is 0.426. The first-order chi connectivity index (χ1) is 16.0. The molecule has 0 aromatic heterocycles. The number of benzene rings is 3. The number of carbonyl (C=O) groups excluding carboxylic acids is 2. The predicted molar refractivity (Wildman–Crippen MR) is 138 cm³/mol. The van der Waals surface area contributed by atoms with E-state index in [1.54, 1.807) is 24.1 Å². The maximum Gasteiger partial charge on any atom is 0.242 e. The molecule has 0 aliphatic carbocycles. The Morgan fingerprint density at radius 3 is 2.24 bits per heavy atom. The zero-order chi connectivity index (χ0) is 23.6. The van der Waals surface area contributed by atoms with E-state index in [0.717, 1.165) is 16.7 Å². The van der Waals surface area contributed by atoms with Crippen LogP contribution in [0.25, 0.3) is 0 Å². The second-order valence-corrected chi connectivity index (χ2v) is 9.38. The van der Waals surface area contributed by atoms with Crippen LogP contribution in [0, 0.1) is 0 Å². The fraction of sp³-hybridized carbons (Fsp3) is 0.231. The Bertz CT molecular complexity index is 1060. The van der Waals surface area contributed by atoms with Gasteiger partial charge in [0, 0.05) is 35.8 Å². The quantitative estimate of drug-likeness (QED) is 0.393. The lowest BCUT2D eigenvalue weighted by Gasteiger charge is -2.31. The van der Waals surface area contributed by atoms with Gasteiger partial charge in [0.1, 0.15) is 6.04 Å². The summed E-state index contributed by atoms with van der Waals surface area (Å²) >= 11 is 13.8. The van der Waals surface area contributed by atoms with Crippen LogP contribution in [-0.2, 0) is 28.3 Å². The van der Waals surface area contributed by atoms with Gasteiger partial charge < -0.3 is 10.2 Å². The summed E-state index contributed by atoms with van der Waals surface area (Å²) in [6, 6.07) is 24.0. The number of nitrogens with zero attached hydrogens (tertiary/aromatic N) is 1. The van der Waals surface area contributed by atoms with Crippen molar-refractivity contribution < 1.29 is 9.59 Å². The number of hydrogen-bond donors (Lipinski definition) is 1. The van der Waals surface area contributed by atoms with Crippen molar-refractivity contribution in [2.24, 2.45) is 0 Å². The van der Waals surface area contributed by atoms with Crippen LogP contribution in [0.4, 0.5) is 0 Å². The van der Waals surface area contributed by atoms with Gasteiger partial charge in [-0.25, -0.2) is 0 Å². The molecule has 0 saturated carbocycles. The van der Waals surface area contributed by atoms with E-state index in [2.05, 4.69) is 5.32 Å². The highest BCUT2D eigenvalue weighted by molar-refractivity contribution is 7.99. The van der Waals surface area contributed by atoms with Crippen molar-refractivity contribution in [2.75, 3.05) is 12.8 Å². The molecular formula is C26H26Cl2N2O2S. The van der Waals surface area contributed by atoms with Crippen LogP contribution in [-0.4, -0.2) is 35.6 Å². The molecule has 0 bridgehead atoms. The molecule has 4 nitrogen and oxygen atoms in total. The van der Waals surface area contributed by atoms with Crippen LogP contribution in [0.15, 0.2) is 78.9 Å². The zero-order valence-electron chi connectivity index (χ0n) is 18.3. The molecule has 0 aliphatic rings. The Morgan fingerprint density at radius 2 is 1.58 bits per heavy atom. The third-order valence-corrected chi connectivity index (χ3v) is 6.81. The molecule has 1 unspecified atom stereocenters. The molecule has 0 saturated heterocycles. The van der Waals surface area contributed by atoms with Crippen molar-refractivity contribution in [3.05, 3.63) is 106 Å². The molecule has 172 valence electrons. The summed E-state index contributed by atoms with van der Waals surface area (Å²) < 4.78 is 0. The average molecular weight is 501 g/mol. The van der Waals surface area contributed by atoms with Gasteiger partial charge in [0.15, 0.2) is 0 Å². The number of amides is 2. The molecular weight excluding hydrogens is 475 g/mol. The summed E-state index contributed by atoms with van der Waals surface area (Å²) in [5.74, 6) is 0.550. The second kappa shape index (κ2) is 12.7. The topological polar surface area (TPSA) is 49.4 Å². The lowest BCUT2D eigenvalue weighted by Crippen LogP contribution is -2.50. The first-order valence-corrected chi connectivity index (χ1v) is 12.5. The minimum atomic E-state index is -0.638. The fourth-order valence-electron chi connectivity index (χ4n) is 3.45.